The number of nitrogens with one attached hydrogen (secondary N) is 2. The molecule has 4 nitrogen and oxygen atoms in total. The van der Waals surface area contributed by atoms with Crippen molar-refractivity contribution in [2.45, 2.75) is 75.8 Å². The van der Waals surface area contributed by atoms with Crippen molar-refractivity contribution in [2.24, 2.45) is 11.8 Å². The lowest BCUT2D eigenvalue weighted by Gasteiger charge is -2.32. The Hall–Kier alpha value is -2.13. The molecule has 2 saturated carbocycles. The quantitative estimate of drug-likeness (QED) is 0.409. The number of hydrogen-bond acceptors (Lipinski definition) is 3. The van der Waals surface area contributed by atoms with Gasteiger partial charge in [0.05, 0.1) is 17.4 Å². The number of nitrogens with two attached hydrogens (primary N) is 1. The first-order chi connectivity index (χ1) is 14.4. The van der Waals surface area contributed by atoms with Crippen LogP contribution in [0.1, 0.15) is 61.7 Å². The van der Waals surface area contributed by atoms with E-state index in [1.165, 1.54) is 6.07 Å². The van der Waals surface area contributed by atoms with E-state index in [1.807, 2.05) is 0 Å². The van der Waals surface area contributed by atoms with Gasteiger partial charge in [-0.2, -0.15) is 26.3 Å². The Bertz CT molecular complexity index is 763. The van der Waals surface area contributed by atoms with Crippen molar-refractivity contribution in [1.82, 2.24) is 5.32 Å². The third-order valence-corrected chi connectivity index (χ3v) is 6.36. The van der Waals surface area contributed by atoms with Crippen LogP contribution in [0.25, 0.3) is 0 Å². The maximum atomic E-state index is 12.9. The number of nitrogen functional groups attached to an aromatic ring is 1. The lowest BCUT2D eigenvalue weighted by molar-refractivity contribution is -0.183. The maximum absolute atomic E-state index is 12.9. The van der Waals surface area contributed by atoms with E-state index in [0.717, 1.165) is 0 Å². The zero-order valence-electron chi connectivity index (χ0n) is 17.0. The molecule has 1 amide bonds. The van der Waals surface area contributed by atoms with Gasteiger partial charge in [0.15, 0.2) is 0 Å². The van der Waals surface area contributed by atoms with E-state index in [0.29, 0.717) is 24.2 Å². The van der Waals surface area contributed by atoms with Gasteiger partial charge in [-0.1, -0.05) is 0 Å². The van der Waals surface area contributed by atoms with Crippen LogP contribution >= 0.6 is 0 Å². The molecule has 0 bridgehead atoms. The second-order valence-corrected chi connectivity index (χ2v) is 8.60. The number of hydrogen-bond donors (Lipinski definition) is 3. The lowest BCUT2D eigenvalue weighted by atomic mass is 9.85. The summed E-state index contributed by atoms with van der Waals surface area (Å²) in [6, 6.07) is 4.12. The summed E-state index contributed by atoms with van der Waals surface area (Å²) in [5, 5.41) is 5.95. The number of rotatable bonds is 4. The van der Waals surface area contributed by atoms with Gasteiger partial charge in [0, 0.05) is 23.5 Å². The van der Waals surface area contributed by atoms with Crippen molar-refractivity contribution in [1.29, 1.82) is 0 Å². The number of halogens is 6. The summed E-state index contributed by atoms with van der Waals surface area (Å²) in [6.45, 7) is 0. The Labute approximate surface area is 176 Å². The van der Waals surface area contributed by atoms with Crippen molar-refractivity contribution in [3.8, 4) is 0 Å². The van der Waals surface area contributed by atoms with Crippen molar-refractivity contribution in [2.75, 3.05) is 11.1 Å². The Balaban J connectivity index is 1.61. The van der Waals surface area contributed by atoms with Gasteiger partial charge in [-0.3, -0.25) is 4.79 Å². The summed E-state index contributed by atoms with van der Waals surface area (Å²) in [6.07, 6.45) is -7.27. The van der Waals surface area contributed by atoms with E-state index in [9.17, 15) is 31.1 Å². The summed E-state index contributed by atoms with van der Waals surface area (Å²) in [4.78, 5) is 12.8. The molecule has 31 heavy (non-hydrogen) atoms. The fraction of sp³-hybridized carbons (Fsp3) is 0.667. The summed E-state index contributed by atoms with van der Waals surface area (Å²) in [5.41, 5.74) is 6.86. The second-order valence-electron chi connectivity index (χ2n) is 8.60. The predicted molar refractivity (Wildman–Crippen MR) is 106 cm³/mol. The van der Waals surface area contributed by atoms with E-state index >= 15 is 0 Å². The zero-order chi connectivity index (χ0) is 22.8. The zero-order valence-corrected chi connectivity index (χ0v) is 17.0. The van der Waals surface area contributed by atoms with Crippen LogP contribution < -0.4 is 16.4 Å². The SMILES string of the molecule is Nc1ccc(NC2CCC(C(F)(F)F)CC2)c(C(=O)N[C@H]2CC[C@H](C(F)(F)F)CC2)c1. The Morgan fingerprint density at radius 3 is 1.77 bits per heavy atom. The van der Waals surface area contributed by atoms with Crippen LogP contribution in [0.2, 0.25) is 0 Å². The monoisotopic (exact) mass is 451 g/mol. The molecule has 0 spiro atoms. The maximum Gasteiger partial charge on any atom is 0.391 e. The van der Waals surface area contributed by atoms with Crippen LogP contribution in [0.3, 0.4) is 0 Å². The number of amides is 1. The van der Waals surface area contributed by atoms with Crippen molar-refractivity contribution in [3.05, 3.63) is 23.8 Å². The van der Waals surface area contributed by atoms with Gasteiger partial charge in [0.1, 0.15) is 0 Å². The molecule has 3 rings (SSSR count). The third-order valence-electron chi connectivity index (χ3n) is 6.36. The molecule has 10 heteroatoms. The normalized spacial score (nSPS) is 27.5. The molecule has 4 N–H and O–H groups in total. The second kappa shape index (κ2) is 9.16. The molecule has 0 radical (unpaired) electrons. The first-order valence-corrected chi connectivity index (χ1v) is 10.5. The van der Waals surface area contributed by atoms with Gasteiger partial charge in [0.25, 0.3) is 5.91 Å². The van der Waals surface area contributed by atoms with E-state index in [4.69, 9.17) is 5.73 Å². The number of benzene rings is 1. The van der Waals surface area contributed by atoms with Gasteiger partial charge in [-0.15, -0.1) is 0 Å². The minimum absolute atomic E-state index is 0.0279. The fourth-order valence-corrected chi connectivity index (χ4v) is 4.49. The largest absolute Gasteiger partial charge is 0.399 e. The number of anilines is 2. The third kappa shape index (κ3) is 6.20. The highest BCUT2D eigenvalue weighted by Crippen LogP contribution is 2.39. The lowest BCUT2D eigenvalue weighted by Crippen LogP contribution is -2.40. The van der Waals surface area contributed by atoms with E-state index in [-0.39, 0.29) is 56.2 Å². The van der Waals surface area contributed by atoms with Gasteiger partial charge in [-0.05, 0) is 69.6 Å². The molecule has 0 unspecified atom stereocenters. The molecule has 1 aromatic rings. The molecule has 0 aliphatic heterocycles. The van der Waals surface area contributed by atoms with Gasteiger partial charge in [-0.25, -0.2) is 0 Å². The van der Waals surface area contributed by atoms with E-state index < -0.39 is 30.1 Å². The molecular weight excluding hydrogens is 424 g/mol. The van der Waals surface area contributed by atoms with Crippen LogP contribution in [0.5, 0.6) is 0 Å². The summed E-state index contributed by atoms with van der Waals surface area (Å²) in [5.74, 6) is -3.09. The van der Waals surface area contributed by atoms with Gasteiger partial charge in [0.2, 0.25) is 0 Å². The number of alkyl halides is 6. The molecule has 0 heterocycles. The van der Waals surface area contributed by atoms with Crippen LogP contribution in [-0.2, 0) is 0 Å². The molecule has 0 aromatic heterocycles. The molecule has 0 saturated heterocycles. The summed E-state index contributed by atoms with van der Waals surface area (Å²) in [7, 11) is 0. The van der Waals surface area contributed by atoms with Crippen LogP contribution in [0.15, 0.2) is 18.2 Å². The molecule has 0 atom stereocenters. The summed E-state index contributed by atoms with van der Waals surface area (Å²) >= 11 is 0. The van der Waals surface area contributed by atoms with Crippen LogP contribution in [0.4, 0.5) is 37.7 Å². The Morgan fingerprint density at radius 2 is 1.29 bits per heavy atom. The van der Waals surface area contributed by atoms with Crippen molar-refractivity contribution in [3.63, 3.8) is 0 Å². The fourth-order valence-electron chi connectivity index (χ4n) is 4.49. The average Bonchev–Trinajstić information content (AvgIpc) is 2.69. The highest BCUT2D eigenvalue weighted by molar-refractivity contribution is 6.00. The highest BCUT2D eigenvalue weighted by Gasteiger charge is 2.42. The smallest absolute Gasteiger partial charge is 0.391 e. The topological polar surface area (TPSA) is 67.1 Å². The van der Waals surface area contributed by atoms with Gasteiger partial charge < -0.3 is 16.4 Å². The van der Waals surface area contributed by atoms with E-state index in [1.54, 1.807) is 12.1 Å². The summed E-state index contributed by atoms with van der Waals surface area (Å²) < 4.78 is 77.1. The molecule has 174 valence electrons. The highest BCUT2D eigenvalue weighted by atomic mass is 19.4. The van der Waals surface area contributed by atoms with E-state index in [2.05, 4.69) is 10.6 Å². The minimum Gasteiger partial charge on any atom is -0.399 e. The molecule has 1 aromatic carbocycles. The minimum atomic E-state index is -4.22. The molecule has 2 fully saturated rings. The van der Waals surface area contributed by atoms with Gasteiger partial charge >= 0.3 is 12.4 Å². The Kier molecular flexibility index (Phi) is 6.95. The molecule has 2 aliphatic rings. The number of carbonyl (C=O) groups excluding carboxylic acids is 1. The van der Waals surface area contributed by atoms with Crippen molar-refractivity contribution >= 4 is 17.3 Å². The number of carbonyl (C=O) groups is 1. The first kappa shape index (κ1) is 23.5. The molecular formula is C21H27F6N3O. The van der Waals surface area contributed by atoms with Crippen LogP contribution in [0, 0.1) is 11.8 Å². The average molecular weight is 451 g/mol. The molecule has 2 aliphatic carbocycles. The predicted octanol–water partition coefficient (Wildman–Crippen LogP) is 5.65. The standard InChI is InChI=1S/C21H27F6N3O/c22-20(23,24)12-1-6-15(7-2-12)29-18-10-5-14(28)11-17(18)19(31)30-16-8-3-13(4-9-16)21(25,26)27/h5,10-13,15-16,29H,1-4,6-9,28H2,(H,30,31)/t12?,13-,15?,16-. The van der Waals surface area contributed by atoms with Crippen molar-refractivity contribution < 1.29 is 31.1 Å². The Morgan fingerprint density at radius 1 is 0.806 bits per heavy atom. The first-order valence-electron chi connectivity index (χ1n) is 10.5. The van der Waals surface area contributed by atoms with Crippen LogP contribution in [-0.4, -0.2) is 30.3 Å².